The summed E-state index contributed by atoms with van der Waals surface area (Å²) in [6.45, 7) is 1.19. The van der Waals surface area contributed by atoms with Gasteiger partial charge in [0.15, 0.2) is 0 Å². The summed E-state index contributed by atoms with van der Waals surface area (Å²) in [7, 11) is 0. The van der Waals surface area contributed by atoms with E-state index >= 15 is 0 Å². The van der Waals surface area contributed by atoms with Gasteiger partial charge < -0.3 is 10.5 Å². The first-order valence-corrected chi connectivity index (χ1v) is 6.96. The third-order valence-corrected chi connectivity index (χ3v) is 4.16. The summed E-state index contributed by atoms with van der Waals surface area (Å²) in [4.78, 5) is 5.45. The summed E-state index contributed by atoms with van der Waals surface area (Å²) in [6, 6.07) is 5.90. The minimum absolute atomic E-state index is 0.566. The van der Waals surface area contributed by atoms with Crippen LogP contribution >= 0.6 is 27.3 Å². The van der Waals surface area contributed by atoms with Crippen molar-refractivity contribution in [1.82, 2.24) is 4.98 Å². The molecule has 0 bridgehead atoms. The molecule has 90 valence electrons. The van der Waals surface area contributed by atoms with Crippen molar-refractivity contribution in [2.45, 2.75) is 13.0 Å². The number of nitrogens with zero attached hydrogens (tertiary/aromatic N) is 1. The SMILES string of the molecule is NCCc1ccc(OCc2sccc2Br)cn1. The molecule has 2 N–H and O–H groups in total. The van der Waals surface area contributed by atoms with E-state index in [2.05, 4.69) is 20.9 Å². The highest BCUT2D eigenvalue weighted by Crippen LogP contribution is 2.24. The summed E-state index contributed by atoms with van der Waals surface area (Å²) in [5.41, 5.74) is 6.46. The molecule has 2 heterocycles. The fraction of sp³-hybridized carbons (Fsp3) is 0.250. The van der Waals surface area contributed by atoms with Gasteiger partial charge in [-0.05, 0) is 46.1 Å². The van der Waals surface area contributed by atoms with E-state index in [1.54, 1.807) is 17.5 Å². The number of aromatic nitrogens is 1. The number of ether oxygens (including phenoxy) is 1. The first kappa shape index (κ1) is 12.5. The zero-order valence-electron chi connectivity index (χ0n) is 9.23. The maximum absolute atomic E-state index is 5.65. The van der Waals surface area contributed by atoms with Gasteiger partial charge in [0.2, 0.25) is 0 Å². The van der Waals surface area contributed by atoms with Gasteiger partial charge in [-0.15, -0.1) is 11.3 Å². The second kappa shape index (κ2) is 6.14. The maximum Gasteiger partial charge on any atom is 0.138 e. The summed E-state index contributed by atoms with van der Waals surface area (Å²) < 4.78 is 6.74. The molecule has 2 aromatic heterocycles. The molecular weight excluding hydrogens is 300 g/mol. The monoisotopic (exact) mass is 312 g/mol. The van der Waals surface area contributed by atoms with Crippen LogP contribution in [0.4, 0.5) is 0 Å². The lowest BCUT2D eigenvalue weighted by atomic mass is 10.3. The number of rotatable bonds is 5. The van der Waals surface area contributed by atoms with Crippen LogP contribution in [-0.2, 0) is 13.0 Å². The topological polar surface area (TPSA) is 48.1 Å². The number of hydrogen-bond acceptors (Lipinski definition) is 4. The summed E-state index contributed by atoms with van der Waals surface area (Å²) in [5.74, 6) is 0.783. The highest BCUT2D eigenvalue weighted by Gasteiger charge is 2.02. The van der Waals surface area contributed by atoms with E-state index < -0.39 is 0 Å². The van der Waals surface area contributed by atoms with E-state index in [0.29, 0.717) is 13.2 Å². The smallest absolute Gasteiger partial charge is 0.138 e. The molecule has 0 amide bonds. The van der Waals surface area contributed by atoms with Crippen LogP contribution in [0.15, 0.2) is 34.2 Å². The van der Waals surface area contributed by atoms with E-state index in [9.17, 15) is 0 Å². The van der Waals surface area contributed by atoms with Crippen LogP contribution in [0.25, 0.3) is 0 Å². The predicted octanol–water partition coefficient (Wildman–Crippen LogP) is 2.99. The number of hydrogen-bond donors (Lipinski definition) is 1. The maximum atomic E-state index is 5.65. The molecular formula is C12H13BrN2OS. The average molecular weight is 313 g/mol. The van der Waals surface area contributed by atoms with Gasteiger partial charge in [-0.2, -0.15) is 0 Å². The molecule has 0 aromatic carbocycles. The van der Waals surface area contributed by atoms with Gasteiger partial charge >= 0.3 is 0 Å². The molecule has 0 saturated heterocycles. The first-order valence-electron chi connectivity index (χ1n) is 5.29. The molecule has 0 aliphatic rings. The van der Waals surface area contributed by atoms with Crippen molar-refractivity contribution in [3.05, 3.63) is 44.8 Å². The van der Waals surface area contributed by atoms with Gasteiger partial charge in [0, 0.05) is 16.6 Å². The van der Waals surface area contributed by atoms with Crippen molar-refractivity contribution in [1.29, 1.82) is 0 Å². The Balaban J connectivity index is 1.93. The van der Waals surface area contributed by atoms with Gasteiger partial charge in [-0.25, -0.2) is 0 Å². The second-order valence-corrected chi connectivity index (χ2v) is 5.36. The molecule has 3 nitrogen and oxygen atoms in total. The number of thiophene rings is 1. The zero-order chi connectivity index (χ0) is 12.1. The molecule has 2 rings (SSSR count). The molecule has 0 spiro atoms. The summed E-state index contributed by atoms with van der Waals surface area (Å²) >= 11 is 5.14. The zero-order valence-corrected chi connectivity index (χ0v) is 11.6. The molecule has 2 aromatic rings. The van der Waals surface area contributed by atoms with Crippen LogP contribution in [-0.4, -0.2) is 11.5 Å². The third-order valence-electron chi connectivity index (χ3n) is 2.26. The van der Waals surface area contributed by atoms with Gasteiger partial charge in [0.05, 0.1) is 11.1 Å². The van der Waals surface area contributed by atoms with Crippen LogP contribution in [0, 0.1) is 0 Å². The highest BCUT2D eigenvalue weighted by molar-refractivity contribution is 9.10. The molecule has 0 fully saturated rings. The molecule has 0 aliphatic carbocycles. The third kappa shape index (κ3) is 3.52. The summed E-state index contributed by atoms with van der Waals surface area (Å²) in [6.07, 6.45) is 2.54. The van der Waals surface area contributed by atoms with E-state index in [0.717, 1.165) is 22.3 Å². The lowest BCUT2D eigenvalue weighted by Gasteiger charge is -2.05. The van der Waals surface area contributed by atoms with E-state index in [4.69, 9.17) is 10.5 Å². The van der Waals surface area contributed by atoms with Crippen molar-refractivity contribution in [2.24, 2.45) is 5.73 Å². The van der Waals surface area contributed by atoms with E-state index in [1.165, 1.54) is 4.88 Å². The highest BCUT2D eigenvalue weighted by atomic mass is 79.9. The van der Waals surface area contributed by atoms with Crippen molar-refractivity contribution in [2.75, 3.05) is 6.54 Å². The number of pyridine rings is 1. The normalized spacial score (nSPS) is 10.5. The van der Waals surface area contributed by atoms with Crippen molar-refractivity contribution in [3.63, 3.8) is 0 Å². The van der Waals surface area contributed by atoms with E-state index in [1.807, 2.05) is 23.6 Å². The van der Waals surface area contributed by atoms with Crippen LogP contribution in [0.1, 0.15) is 10.6 Å². The standard InChI is InChI=1S/C12H13BrN2OS/c13-11-4-6-17-12(11)8-16-10-2-1-9(3-5-14)15-7-10/h1-2,4,6-7H,3,5,8,14H2. The Morgan fingerprint density at radius 2 is 2.24 bits per heavy atom. The lowest BCUT2D eigenvalue weighted by Crippen LogP contribution is -2.04. The van der Waals surface area contributed by atoms with Crippen molar-refractivity contribution in [3.8, 4) is 5.75 Å². The number of halogens is 1. The predicted molar refractivity (Wildman–Crippen MR) is 73.3 cm³/mol. The fourth-order valence-corrected chi connectivity index (χ4v) is 2.75. The largest absolute Gasteiger partial charge is 0.486 e. The van der Waals surface area contributed by atoms with Gasteiger partial charge in [-0.3, -0.25) is 4.98 Å². The van der Waals surface area contributed by atoms with Crippen LogP contribution in [0.2, 0.25) is 0 Å². The fourth-order valence-electron chi connectivity index (χ4n) is 1.37. The molecule has 0 radical (unpaired) electrons. The molecule has 0 aliphatic heterocycles. The molecule has 0 unspecified atom stereocenters. The Morgan fingerprint density at radius 1 is 1.35 bits per heavy atom. The van der Waals surface area contributed by atoms with E-state index in [-0.39, 0.29) is 0 Å². The first-order chi connectivity index (χ1) is 8.29. The minimum Gasteiger partial charge on any atom is -0.486 e. The molecule has 0 saturated carbocycles. The van der Waals surface area contributed by atoms with Gasteiger partial charge in [0.25, 0.3) is 0 Å². The Labute approximate surface area is 113 Å². The molecule has 0 atom stereocenters. The van der Waals surface area contributed by atoms with Crippen molar-refractivity contribution < 1.29 is 4.74 Å². The Bertz CT molecular complexity index is 470. The lowest BCUT2D eigenvalue weighted by molar-refractivity contribution is 0.307. The minimum atomic E-state index is 0.566. The Morgan fingerprint density at radius 3 is 2.82 bits per heavy atom. The van der Waals surface area contributed by atoms with Crippen LogP contribution in [0.3, 0.4) is 0 Å². The quantitative estimate of drug-likeness (QED) is 0.923. The molecule has 17 heavy (non-hydrogen) atoms. The summed E-state index contributed by atoms with van der Waals surface area (Å²) in [5, 5.41) is 2.03. The average Bonchev–Trinajstić information content (AvgIpc) is 2.75. The Kier molecular flexibility index (Phi) is 4.53. The van der Waals surface area contributed by atoms with Crippen molar-refractivity contribution >= 4 is 27.3 Å². The number of nitrogens with two attached hydrogens (primary N) is 1. The van der Waals surface area contributed by atoms with Crippen LogP contribution in [0.5, 0.6) is 5.75 Å². The Hall–Kier alpha value is -0.910. The van der Waals surface area contributed by atoms with Crippen LogP contribution < -0.4 is 10.5 Å². The molecule has 5 heteroatoms. The van der Waals surface area contributed by atoms with Gasteiger partial charge in [0.1, 0.15) is 12.4 Å². The second-order valence-electron chi connectivity index (χ2n) is 3.50. The van der Waals surface area contributed by atoms with Gasteiger partial charge in [-0.1, -0.05) is 0 Å².